The second-order valence-corrected chi connectivity index (χ2v) is 5.73. The van der Waals surface area contributed by atoms with E-state index >= 15 is 0 Å². The number of sulfonamides is 1. The van der Waals surface area contributed by atoms with Crippen LogP contribution in [-0.2, 0) is 19.6 Å². The molecule has 0 bridgehead atoms. The van der Waals surface area contributed by atoms with Crippen LogP contribution in [0.1, 0.15) is 13.8 Å². The van der Waals surface area contributed by atoms with Gasteiger partial charge in [-0.2, -0.15) is 0 Å². The highest BCUT2D eigenvalue weighted by Crippen LogP contribution is 2.04. The average Bonchev–Trinajstić information content (AvgIpc) is 2.17. The van der Waals surface area contributed by atoms with Crippen molar-refractivity contribution in [1.29, 1.82) is 0 Å². The second-order valence-electron chi connectivity index (χ2n) is 3.53. The summed E-state index contributed by atoms with van der Waals surface area (Å²) < 4.78 is 29.2. The Kier molecular flexibility index (Phi) is 6.54. The number of carbonyl (C=O) groups is 1. The Morgan fingerprint density at radius 2 is 2.06 bits per heavy atom. The fourth-order valence-corrected chi connectivity index (χ4v) is 2.13. The van der Waals surface area contributed by atoms with E-state index in [0.29, 0.717) is 6.61 Å². The molecule has 0 fully saturated rings. The lowest BCUT2D eigenvalue weighted by molar-refractivity contribution is -0.141. The van der Waals surface area contributed by atoms with Crippen LogP contribution in [0.3, 0.4) is 0 Å². The Bertz CT molecular complexity index is 314. The molecule has 0 amide bonds. The van der Waals surface area contributed by atoms with Crippen LogP contribution >= 0.6 is 0 Å². The summed E-state index contributed by atoms with van der Waals surface area (Å²) in [6, 6.07) is 0. The van der Waals surface area contributed by atoms with E-state index < -0.39 is 21.9 Å². The highest BCUT2D eigenvalue weighted by atomic mass is 32.2. The fourth-order valence-electron chi connectivity index (χ4n) is 1.04. The molecule has 0 aliphatic heterocycles. The Morgan fingerprint density at radius 1 is 1.50 bits per heavy atom. The maximum atomic E-state index is 11.6. The van der Waals surface area contributed by atoms with Crippen LogP contribution in [-0.4, -0.2) is 56.4 Å². The van der Waals surface area contributed by atoms with Crippen molar-refractivity contribution in [1.82, 2.24) is 4.31 Å². The molecule has 0 aromatic rings. The minimum Gasteiger partial charge on any atom is -0.481 e. The van der Waals surface area contributed by atoms with Crippen molar-refractivity contribution in [3.05, 3.63) is 0 Å². The molecule has 0 heterocycles. The van der Waals surface area contributed by atoms with Gasteiger partial charge >= 0.3 is 5.97 Å². The van der Waals surface area contributed by atoms with Gasteiger partial charge in [-0.15, -0.1) is 0 Å². The lowest BCUT2D eigenvalue weighted by atomic mass is 10.2. The third-order valence-corrected chi connectivity index (χ3v) is 3.90. The number of aliphatic carboxylic acids is 1. The van der Waals surface area contributed by atoms with Gasteiger partial charge in [0.05, 0.1) is 18.3 Å². The molecule has 16 heavy (non-hydrogen) atoms. The zero-order valence-electron chi connectivity index (χ0n) is 9.84. The minimum absolute atomic E-state index is 0.0240. The summed E-state index contributed by atoms with van der Waals surface area (Å²) in [5.74, 6) is -1.84. The Labute approximate surface area is 96.2 Å². The highest BCUT2D eigenvalue weighted by Gasteiger charge is 2.22. The molecule has 1 unspecified atom stereocenters. The van der Waals surface area contributed by atoms with Crippen molar-refractivity contribution in [3.63, 3.8) is 0 Å². The van der Waals surface area contributed by atoms with Crippen molar-refractivity contribution in [2.24, 2.45) is 5.92 Å². The van der Waals surface area contributed by atoms with Crippen LogP contribution in [0.4, 0.5) is 0 Å². The fraction of sp³-hybridized carbons (Fsp3) is 0.889. The molecule has 96 valence electrons. The molecule has 0 aromatic carbocycles. The number of rotatable bonds is 8. The molecule has 1 N–H and O–H groups in total. The predicted molar refractivity (Wildman–Crippen MR) is 59.7 cm³/mol. The van der Waals surface area contributed by atoms with Crippen LogP contribution in [0.25, 0.3) is 0 Å². The molecule has 0 rings (SSSR count). The van der Waals surface area contributed by atoms with Crippen LogP contribution in [0, 0.1) is 5.92 Å². The van der Waals surface area contributed by atoms with Crippen molar-refractivity contribution < 1.29 is 23.1 Å². The molecule has 0 spiro atoms. The molecule has 0 aromatic heterocycles. The van der Waals surface area contributed by atoms with Gasteiger partial charge in [0.25, 0.3) is 0 Å². The highest BCUT2D eigenvalue weighted by molar-refractivity contribution is 7.89. The molecular formula is C9H19NO5S. The summed E-state index contributed by atoms with van der Waals surface area (Å²) in [5, 5.41) is 8.66. The molecule has 6 nitrogen and oxygen atoms in total. The van der Waals surface area contributed by atoms with E-state index in [-0.39, 0.29) is 18.9 Å². The lowest BCUT2D eigenvalue weighted by Gasteiger charge is -2.18. The molecule has 1 atom stereocenters. The summed E-state index contributed by atoms with van der Waals surface area (Å²) >= 11 is 0. The quantitative estimate of drug-likeness (QED) is 0.616. The first kappa shape index (κ1) is 15.3. The Morgan fingerprint density at radius 3 is 2.50 bits per heavy atom. The van der Waals surface area contributed by atoms with Gasteiger partial charge < -0.3 is 9.84 Å². The third kappa shape index (κ3) is 5.43. The van der Waals surface area contributed by atoms with Gasteiger partial charge in [-0.1, -0.05) is 6.92 Å². The minimum atomic E-state index is -3.42. The molecule has 7 heteroatoms. The maximum Gasteiger partial charge on any atom is 0.307 e. The molecule has 0 aliphatic rings. The SMILES string of the molecule is CCOCCS(=O)(=O)N(C)CC(C)C(=O)O. The Hall–Kier alpha value is -0.660. The van der Waals surface area contributed by atoms with Gasteiger partial charge in [0.2, 0.25) is 10.0 Å². The van der Waals surface area contributed by atoms with Gasteiger partial charge in [0.1, 0.15) is 0 Å². The first-order valence-electron chi connectivity index (χ1n) is 5.05. The summed E-state index contributed by atoms with van der Waals surface area (Å²) in [6.07, 6.45) is 0. The topological polar surface area (TPSA) is 83.9 Å². The molecule has 0 radical (unpaired) electrons. The summed E-state index contributed by atoms with van der Waals surface area (Å²) in [5.41, 5.74) is 0. The van der Waals surface area contributed by atoms with Crippen molar-refractivity contribution in [2.75, 3.05) is 32.6 Å². The van der Waals surface area contributed by atoms with Gasteiger partial charge in [0, 0.05) is 20.2 Å². The second kappa shape index (κ2) is 6.82. The molecule has 0 saturated heterocycles. The van der Waals surface area contributed by atoms with E-state index in [1.54, 1.807) is 6.92 Å². The van der Waals surface area contributed by atoms with E-state index in [1.807, 2.05) is 0 Å². The smallest absolute Gasteiger partial charge is 0.307 e. The lowest BCUT2D eigenvalue weighted by Crippen LogP contribution is -2.36. The van der Waals surface area contributed by atoms with E-state index in [4.69, 9.17) is 9.84 Å². The number of carboxylic acids is 1. The summed E-state index contributed by atoms with van der Waals surface area (Å²) in [6.45, 7) is 3.82. The normalized spacial score (nSPS) is 14.0. The zero-order valence-corrected chi connectivity index (χ0v) is 10.7. The van der Waals surface area contributed by atoms with Crippen LogP contribution in [0.2, 0.25) is 0 Å². The Balaban J connectivity index is 4.24. The van der Waals surface area contributed by atoms with Gasteiger partial charge in [-0.05, 0) is 6.92 Å². The van der Waals surface area contributed by atoms with Gasteiger partial charge in [0.15, 0.2) is 0 Å². The number of nitrogens with zero attached hydrogens (tertiary/aromatic N) is 1. The average molecular weight is 253 g/mol. The van der Waals surface area contributed by atoms with Gasteiger partial charge in [-0.3, -0.25) is 4.79 Å². The maximum absolute atomic E-state index is 11.6. The number of ether oxygens (including phenoxy) is 1. The standard InChI is InChI=1S/C9H19NO5S/c1-4-15-5-6-16(13,14)10(3)7-8(2)9(11)12/h8H,4-7H2,1-3H3,(H,11,12). The predicted octanol–water partition coefficient (Wildman–Crippen LogP) is 0.00520. The first-order chi connectivity index (χ1) is 7.31. The van der Waals surface area contributed by atoms with E-state index in [9.17, 15) is 13.2 Å². The van der Waals surface area contributed by atoms with Crippen molar-refractivity contribution >= 4 is 16.0 Å². The largest absolute Gasteiger partial charge is 0.481 e. The number of hydrogen-bond donors (Lipinski definition) is 1. The first-order valence-corrected chi connectivity index (χ1v) is 6.66. The van der Waals surface area contributed by atoms with E-state index in [0.717, 1.165) is 4.31 Å². The van der Waals surface area contributed by atoms with E-state index in [1.165, 1.54) is 14.0 Å². The molecule has 0 saturated carbocycles. The van der Waals surface area contributed by atoms with Crippen LogP contribution in [0.15, 0.2) is 0 Å². The summed E-state index contributed by atoms with van der Waals surface area (Å²) in [4.78, 5) is 10.6. The van der Waals surface area contributed by atoms with Gasteiger partial charge in [-0.25, -0.2) is 12.7 Å². The van der Waals surface area contributed by atoms with Crippen LogP contribution in [0.5, 0.6) is 0 Å². The number of carboxylic acid groups (broad SMARTS) is 1. The zero-order chi connectivity index (χ0) is 12.8. The molecular weight excluding hydrogens is 234 g/mol. The van der Waals surface area contributed by atoms with Crippen molar-refractivity contribution in [2.45, 2.75) is 13.8 Å². The number of hydrogen-bond acceptors (Lipinski definition) is 4. The third-order valence-electron chi connectivity index (χ3n) is 2.12. The van der Waals surface area contributed by atoms with Crippen molar-refractivity contribution in [3.8, 4) is 0 Å². The summed E-state index contributed by atoms with van der Waals surface area (Å²) in [7, 11) is -2.04. The molecule has 0 aliphatic carbocycles. The monoisotopic (exact) mass is 253 g/mol. The van der Waals surface area contributed by atoms with E-state index in [2.05, 4.69) is 0 Å². The van der Waals surface area contributed by atoms with Crippen LogP contribution < -0.4 is 0 Å².